The minimum Gasteiger partial charge on any atom is -0.231 e. The monoisotopic (exact) mass is 440 g/mol. The van der Waals surface area contributed by atoms with Crippen molar-refractivity contribution >= 4 is 57.4 Å². The highest BCUT2D eigenvalue weighted by Crippen LogP contribution is 2.32. The summed E-state index contributed by atoms with van der Waals surface area (Å²) in [6.07, 6.45) is 0. The quantitative estimate of drug-likeness (QED) is 0.400. The van der Waals surface area contributed by atoms with E-state index in [2.05, 4.69) is 53.3 Å². The molecule has 0 bridgehead atoms. The van der Waals surface area contributed by atoms with Gasteiger partial charge in [-0.2, -0.15) is 0 Å². The van der Waals surface area contributed by atoms with Crippen LogP contribution in [0.15, 0.2) is 18.2 Å². The molecule has 1 aromatic heterocycles. The fourth-order valence-corrected chi connectivity index (χ4v) is 3.47. The molecule has 2 aromatic rings. The van der Waals surface area contributed by atoms with Gasteiger partial charge in [-0.15, -0.1) is 0 Å². The van der Waals surface area contributed by atoms with Crippen LogP contribution in [0.25, 0.3) is 11.4 Å². The molecule has 0 fully saturated rings. The van der Waals surface area contributed by atoms with Crippen molar-refractivity contribution in [2.75, 3.05) is 0 Å². The van der Waals surface area contributed by atoms with Gasteiger partial charge in [0.15, 0.2) is 5.82 Å². The lowest BCUT2D eigenvalue weighted by molar-refractivity contribution is 0.563. The van der Waals surface area contributed by atoms with Crippen LogP contribution in [0, 0.1) is 3.57 Å². The van der Waals surface area contributed by atoms with Crippen LogP contribution in [0.5, 0.6) is 0 Å². The Balaban J connectivity index is 2.67. The molecule has 0 aliphatic carbocycles. The standard InChI is InChI=1S/C14H12Cl3IN2/c1-14(2,3)11-10(18)12(17)20-13(19-11)7-4-8(15)6-9(16)5-7/h4-6H,1-3H3. The van der Waals surface area contributed by atoms with E-state index in [4.69, 9.17) is 34.8 Å². The maximum absolute atomic E-state index is 6.23. The highest BCUT2D eigenvalue weighted by Gasteiger charge is 2.23. The van der Waals surface area contributed by atoms with Gasteiger partial charge in [-0.05, 0) is 40.8 Å². The van der Waals surface area contributed by atoms with Gasteiger partial charge in [0.2, 0.25) is 0 Å². The van der Waals surface area contributed by atoms with Crippen molar-refractivity contribution < 1.29 is 0 Å². The van der Waals surface area contributed by atoms with Crippen molar-refractivity contribution in [2.45, 2.75) is 26.2 Å². The van der Waals surface area contributed by atoms with Crippen molar-refractivity contribution in [1.29, 1.82) is 0 Å². The first kappa shape index (κ1) is 16.3. The van der Waals surface area contributed by atoms with Gasteiger partial charge in [0.05, 0.1) is 9.26 Å². The number of rotatable bonds is 1. The lowest BCUT2D eigenvalue weighted by Gasteiger charge is -2.20. The zero-order valence-corrected chi connectivity index (χ0v) is 15.6. The van der Waals surface area contributed by atoms with E-state index in [1.165, 1.54) is 0 Å². The second-order valence-electron chi connectivity index (χ2n) is 5.41. The molecule has 1 aromatic carbocycles. The molecule has 106 valence electrons. The van der Waals surface area contributed by atoms with Gasteiger partial charge >= 0.3 is 0 Å². The number of hydrogen-bond donors (Lipinski definition) is 0. The first-order chi connectivity index (χ1) is 9.18. The van der Waals surface area contributed by atoms with Gasteiger partial charge in [0, 0.05) is 21.0 Å². The van der Waals surface area contributed by atoms with Crippen molar-refractivity contribution in [3.05, 3.63) is 42.7 Å². The van der Waals surface area contributed by atoms with Gasteiger partial charge in [-0.1, -0.05) is 55.6 Å². The number of halogens is 4. The van der Waals surface area contributed by atoms with E-state index in [0.717, 1.165) is 14.8 Å². The Morgan fingerprint density at radius 3 is 2.00 bits per heavy atom. The predicted octanol–water partition coefficient (Wildman–Crippen LogP) is 6.01. The van der Waals surface area contributed by atoms with Crippen molar-refractivity contribution in [3.8, 4) is 11.4 Å². The summed E-state index contributed by atoms with van der Waals surface area (Å²) >= 11 is 20.5. The summed E-state index contributed by atoms with van der Waals surface area (Å²) in [4.78, 5) is 8.97. The Kier molecular flexibility index (Phi) is 4.84. The lowest BCUT2D eigenvalue weighted by Crippen LogP contribution is -2.17. The molecule has 0 atom stereocenters. The summed E-state index contributed by atoms with van der Waals surface area (Å²) in [5.74, 6) is 0.532. The van der Waals surface area contributed by atoms with E-state index >= 15 is 0 Å². The molecule has 0 aliphatic rings. The number of aromatic nitrogens is 2. The van der Waals surface area contributed by atoms with E-state index in [1.54, 1.807) is 18.2 Å². The lowest BCUT2D eigenvalue weighted by atomic mass is 9.92. The predicted molar refractivity (Wildman–Crippen MR) is 93.9 cm³/mol. The molecule has 0 spiro atoms. The van der Waals surface area contributed by atoms with Crippen molar-refractivity contribution in [3.63, 3.8) is 0 Å². The molecule has 0 radical (unpaired) electrons. The average Bonchev–Trinajstić information content (AvgIpc) is 2.29. The van der Waals surface area contributed by atoms with Crippen LogP contribution >= 0.6 is 57.4 Å². The molecule has 0 aliphatic heterocycles. The second-order valence-corrected chi connectivity index (χ2v) is 7.72. The normalized spacial score (nSPS) is 11.8. The summed E-state index contributed by atoms with van der Waals surface area (Å²) in [7, 11) is 0. The molecule has 0 amide bonds. The molecule has 0 unspecified atom stereocenters. The summed E-state index contributed by atoms with van der Waals surface area (Å²) in [5.41, 5.74) is 1.54. The Bertz CT molecular complexity index is 646. The van der Waals surface area contributed by atoms with Gasteiger partial charge in [0.25, 0.3) is 0 Å². The molecule has 0 N–H and O–H groups in total. The van der Waals surface area contributed by atoms with E-state index in [-0.39, 0.29) is 5.41 Å². The molecule has 1 heterocycles. The van der Waals surface area contributed by atoms with Crippen LogP contribution in [0.1, 0.15) is 26.5 Å². The topological polar surface area (TPSA) is 25.8 Å². The SMILES string of the molecule is CC(C)(C)c1nc(-c2cc(Cl)cc(Cl)c2)nc(Cl)c1I. The van der Waals surface area contributed by atoms with E-state index in [9.17, 15) is 0 Å². The van der Waals surface area contributed by atoms with Crippen LogP contribution in [0.3, 0.4) is 0 Å². The van der Waals surface area contributed by atoms with Crippen LogP contribution < -0.4 is 0 Å². The Hall–Kier alpha value is -0.100. The molecule has 0 saturated carbocycles. The minimum atomic E-state index is -0.125. The zero-order chi connectivity index (χ0) is 15.1. The molecule has 0 saturated heterocycles. The van der Waals surface area contributed by atoms with Crippen LogP contribution in [-0.2, 0) is 5.41 Å². The molecule has 2 rings (SSSR count). The maximum Gasteiger partial charge on any atom is 0.161 e. The first-order valence-electron chi connectivity index (χ1n) is 5.88. The third kappa shape index (κ3) is 3.56. The van der Waals surface area contributed by atoms with Gasteiger partial charge < -0.3 is 0 Å². The maximum atomic E-state index is 6.23. The Morgan fingerprint density at radius 2 is 1.50 bits per heavy atom. The van der Waals surface area contributed by atoms with E-state index in [0.29, 0.717) is 21.0 Å². The van der Waals surface area contributed by atoms with E-state index in [1.807, 2.05) is 0 Å². The molecular formula is C14H12Cl3IN2. The fourth-order valence-electron chi connectivity index (χ4n) is 1.73. The highest BCUT2D eigenvalue weighted by atomic mass is 127. The van der Waals surface area contributed by atoms with Crippen LogP contribution in [0.4, 0.5) is 0 Å². The largest absolute Gasteiger partial charge is 0.231 e. The van der Waals surface area contributed by atoms with Crippen molar-refractivity contribution in [1.82, 2.24) is 9.97 Å². The molecule has 2 nitrogen and oxygen atoms in total. The first-order valence-corrected chi connectivity index (χ1v) is 8.10. The number of benzene rings is 1. The zero-order valence-electron chi connectivity index (χ0n) is 11.1. The smallest absolute Gasteiger partial charge is 0.161 e. The minimum absolute atomic E-state index is 0.125. The molecular weight excluding hydrogens is 429 g/mol. The Labute approximate surface area is 147 Å². The van der Waals surface area contributed by atoms with Crippen LogP contribution in [-0.4, -0.2) is 9.97 Å². The fraction of sp³-hybridized carbons (Fsp3) is 0.286. The third-order valence-electron chi connectivity index (χ3n) is 2.64. The Morgan fingerprint density at radius 1 is 0.950 bits per heavy atom. The molecule has 6 heteroatoms. The summed E-state index contributed by atoms with van der Waals surface area (Å²) < 4.78 is 0.869. The summed E-state index contributed by atoms with van der Waals surface area (Å²) in [6.45, 7) is 6.26. The number of nitrogens with zero attached hydrogens (tertiary/aromatic N) is 2. The summed E-state index contributed by atoms with van der Waals surface area (Å²) in [5, 5.41) is 1.53. The van der Waals surface area contributed by atoms with Gasteiger partial charge in [-0.3, -0.25) is 0 Å². The van der Waals surface area contributed by atoms with Gasteiger partial charge in [0.1, 0.15) is 5.15 Å². The average molecular weight is 442 g/mol. The molecule has 20 heavy (non-hydrogen) atoms. The van der Waals surface area contributed by atoms with Gasteiger partial charge in [-0.25, -0.2) is 9.97 Å². The van der Waals surface area contributed by atoms with E-state index < -0.39 is 0 Å². The van der Waals surface area contributed by atoms with Crippen molar-refractivity contribution in [2.24, 2.45) is 0 Å². The third-order valence-corrected chi connectivity index (χ3v) is 4.69. The summed E-state index contributed by atoms with van der Waals surface area (Å²) in [6, 6.07) is 5.22. The highest BCUT2D eigenvalue weighted by molar-refractivity contribution is 14.1. The second kappa shape index (κ2) is 5.95. The van der Waals surface area contributed by atoms with Crippen LogP contribution in [0.2, 0.25) is 15.2 Å². The number of hydrogen-bond acceptors (Lipinski definition) is 2.